The third kappa shape index (κ3) is 10.5. The average Bonchev–Trinajstić information content (AvgIpc) is 2.84. The Bertz CT molecular complexity index is 968. The van der Waals surface area contributed by atoms with Crippen LogP contribution in [-0.4, -0.2) is 64.7 Å². The molecule has 0 aromatic heterocycles. The van der Waals surface area contributed by atoms with Crippen molar-refractivity contribution in [2.45, 2.75) is 63.8 Å². The maximum atomic E-state index is 12.9. The van der Waals surface area contributed by atoms with Crippen molar-refractivity contribution in [2.75, 3.05) is 13.6 Å². The molecule has 196 valence electrons. The summed E-state index contributed by atoms with van der Waals surface area (Å²) in [6, 6.07) is 14.7. The summed E-state index contributed by atoms with van der Waals surface area (Å²) in [7, 11) is 1.70. The number of nitrogens with one attached hydrogen (secondary N) is 2. The van der Waals surface area contributed by atoms with Crippen molar-refractivity contribution in [3.8, 4) is 5.75 Å². The number of nitrogens with two attached hydrogens (primary N) is 1. The number of aliphatic hydroxyl groups excluding tert-OH is 1. The fourth-order valence-corrected chi connectivity index (χ4v) is 3.96. The van der Waals surface area contributed by atoms with Crippen molar-refractivity contribution in [1.29, 1.82) is 0 Å². The lowest BCUT2D eigenvalue weighted by molar-refractivity contribution is -0.135. The number of hydrogen-bond acceptors (Lipinski definition) is 6. The summed E-state index contributed by atoms with van der Waals surface area (Å²) in [6.45, 7) is 1.88. The minimum atomic E-state index is -0.861. The summed E-state index contributed by atoms with van der Waals surface area (Å²) in [5.74, 6) is -0.854. The molecule has 2 aromatic rings. The Kier molecular flexibility index (Phi) is 11.9. The summed E-state index contributed by atoms with van der Waals surface area (Å²) >= 11 is 0. The van der Waals surface area contributed by atoms with Crippen LogP contribution in [0.15, 0.2) is 54.6 Å². The summed E-state index contributed by atoms with van der Waals surface area (Å²) in [5.41, 5.74) is 7.28. The minimum Gasteiger partial charge on any atom is -0.508 e. The van der Waals surface area contributed by atoms with E-state index in [0.29, 0.717) is 32.2 Å². The summed E-state index contributed by atoms with van der Waals surface area (Å²) < 4.78 is 0. The highest BCUT2D eigenvalue weighted by atomic mass is 16.3. The van der Waals surface area contributed by atoms with Crippen LogP contribution in [0.1, 0.15) is 43.7 Å². The van der Waals surface area contributed by atoms with E-state index in [2.05, 4.69) is 10.6 Å². The van der Waals surface area contributed by atoms with Crippen molar-refractivity contribution in [3.05, 3.63) is 65.7 Å². The van der Waals surface area contributed by atoms with Crippen molar-refractivity contribution in [1.82, 2.24) is 15.5 Å². The second kappa shape index (κ2) is 14.9. The Morgan fingerprint density at radius 2 is 1.53 bits per heavy atom. The highest BCUT2D eigenvalue weighted by Gasteiger charge is 2.23. The Morgan fingerprint density at radius 3 is 2.14 bits per heavy atom. The van der Waals surface area contributed by atoms with Crippen molar-refractivity contribution >= 4 is 17.7 Å². The summed E-state index contributed by atoms with van der Waals surface area (Å²) in [6.07, 6.45) is 2.52. The Labute approximate surface area is 212 Å². The maximum absolute atomic E-state index is 12.9. The first-order valence-corrected chi connectivity index (χ1v) is 12.2. The molecule has 0 aliphatic rings. The van der Waals surface area contributed by atoms with Crippen LogP contribution in [0, 0.1) is 0 Å². The monoisotopic (exact) mass is 498 g/mol. The van der Waals surface area contributed by atoms with Gasteiger partial charge in [0.2, 0.25) is 17.7 Å². The van der Waals surface area contributed by atoms with Gasteiger partial charge in [0.1, 0.15) is 18.0 Å². The first-order valence-electron chi connectivity index (χ1n) is 12.2. The molecule has 0 spiro atoms. The number of primary amides is 1. The Balaban J connectivity index is 1.75. The number of amides is 3. The molecule has 0 heterocycles. The van der Waals surface area contributed by atoms with Crippen molar-refractivity contribution in [2.24, 2.45) is 5.73 Å². The van der Waals surface area contributed by atoms with Gasteiger partial charge in [-0.05, 0) is 48.9 Å². The zero-order valence-corrected chi connectivity index (χ0v) is 21.0. The predicted molar refractivity (Wildman–Crippen MR) is 138 cm³/mol. The van der Waals surface area contributed by atoms with Gasteiger partial charge < -0.3 is 26.2 Å². The van der Waals surface area contributed by atoms with Gasteiger partial charge in [-0.2, -0.15) is 0 Å². The second-order valence-electron chi connectivity index (χ2n) is 9.06. The first kappa shape index (κ1) is 28.8. The van der Waals surface area contributed by atoms with Crippen LogP contribution in [-0.2, 0) is 27.2 Å². The Hall–Kier alpha value is -3.43. The van der Waals surface area contributed by atoms with E-state index >= 15 is 0 Å². The van der Waals surface area contributed by atoms with Gasteiger partial charge in [-0.1, -0.05) is 48.9 Å². The molecule has 9 nitrogen and oxygen atoms in total. The predicted octanol–water partition coefficient (Wildman–Crippen LogP) is 1.46. The normalized spacial score (nSPS) is 13.4. The van der Waals surface area contributed by atoms with E-state index in [4.69, 9.17) is 5.73 Å². The lowest BCUT2D eigenvalue weighted by atomic mass is 10.0. The molecule has 0 aliphatic carbocycles. The lowest BCUT2D eigenvalue weighted by Gasteiger charge is -2.24. The van der Waals surface area contributed by atoms with Gasteiger partial charge in [-0.3, -0.25) is 19.7 Å². The van der Waals surface area contributed by atoms with Crippen molar-refractivity contribution < 1.29 is 24.6 Å². The largest absolute Gasteiger partial charge is 0.508 e. The molecular weight excluding hydrogens is 460 g/mol. The molecule has 0 fully saturated rings. The minimum absolute atomic E-state index is 0.139. The molecular formula is C27H38N4O5. The number of likely N-dealkylation sites (N-methyl/N-ethyl adjacent to an activating group) is 1. The number of phenolic OH excluding ortho intramolecular Hbond substituents is 1. The number of nitrogens with zero attached hydrogens (tertiary/aromatic N) is 1. The third-order valence-corrected chi connectivity index (χ3v) is 5.92. The molecule has 3 amide bonds. The SMILES string of the molecule is CC(=O)NC(Cc1ccc(O)cc1)C(=O)N(C)CCCCC[C@@H](O)NC(Cc1ccccc1)C(N)=O. The van der Waals surface area contributed by atoms with Gasteiger partial charge in [0.05, 0.1) is 6.04 Å². The van der Waals surface area contributed by atoms with E-state index < -0.39 is 24.2 Å². The van der Waals surface area contributed by atoms with Gasteiger partial charge in [0.15, 0.2) is 0 Å². The number of unbranched alkanes of at least 4 members (excludes halogenated alkanes) is 2. The van der Waals surface area contributed by atoms with Crippen LogP contribution in [0.25, 0.3) is 0 Å². The average molecular weight is 499 g/mol. The molecule has 0 saturated carbocycles. The molecule has 2 unspecified atom stereocenters. The number of carbonyl (C=O) groups is 3. The van der Waals surface area contributed by atoms with E-state index in [9.17, 15) is 24.6 Å². The summed E-state index contributed by atoms with van der Waals surface area (Å²) in [5, 5.41) is 25.4. The number of phenols is 1. The van der Waals surface area contributed by atoms with E-state index in [1.807, 2.05) is 30.3 Å². The van der Waals surface area contributed by atoms with Gasteiger partial charge in [0, 0.05) is 26.9 Å². The molecule has 0 saturated heterocycles. The molecule has 2 aromatic carbocycles. The smallest absolute Gasteiger partial charge is 0.245 e. The molecule has 9 heteroatoms. The van der Waals surface area contributed by atoms with Crippen LogP contribution in [0.4, 0.5) is 0 Å². The molecule has 0 aliphatic heterocycles. The van der Waals surface area contributed by atoms with Gasteiger partial charge in [0.25, 0.3) is 0 Å². The van der Waals surface area contributed by atoms with Gasteiger partial charge >= 0.3 is 0 Å². The molecule has 36 heavy (non-hydrogen) atoms. The van der Waals surface area contributed by atoms with Crippen LogP contribution >= 0.6 is 0 Å². The van der Waals surface area contributed by atoms with E-state index in [-0.39, 0.29) is 17.6 Å². The van der Waals surface area contributed by atoms with E-state index in [0.717, 1.165) is 24.0 Å². The second-order valence-corrected chi connectivity index (χ2v) is 9.06. The van der Waals surface area contributed by atoms with Crippen LogP contribution in [0.3, 0.4) is 0 Å². The third-order valence-electron chi connectivity index (χ3n) is 5.92. The highest BCUT2D eigenvalue weighted by Crippen LogP contribution is 2.13. The van der Waals surface area contributed by atoms with E-state index in [1.165, 1.54) is 6.92 Å². The number of carbonyl (C=O) groups excluding carboxylic acids is 3. The molecule has 2 rings (SSSR count). The molecule has 0 bridgehead atoms. The van der Waals surface area contributed by atoms with Crippen LogP contribution in [0.2, 0.25) is 0 Å². The fraction of sp³-hybridized carbons (Fsp3) is 0.444. The van der Waals surface area contributed by atoms with Gasteiger partial charge in [-0.15, -0.1) is 0 Å². The number of hydrogen-bond donors (Lipinski definition) is 5. The lowest BCUT2D eigenvalue weighted by Crippen LogP contribution is -2.48. The molecule has 0 radical (unpaired) electrons. The number of benzene rings is 2. The van der Waals surface area contributed by atoms with Crippen LogP contribution < -0.4 is 16.4 Å². The first-order chi connectivity index (χ1) is 17.2. The maximum Gasteiger partial charge on any atom is 0.245 e. The van der Waals surface area contributed by atoms with Crippen LogP contribution in [0.5, 0.6) is 5.75 Å². The zero-order valence-electron chi connectivity index (χ0n) is 21.0. The fourth-order valence-electron chi connectivity index (χ4n) is 3.96. The number of aromatic hydroxyl groups is 1. The molecule has 3 atom stereocenters. The van der Waals surface area contributed by atoms with E-state index in [1.54, 1.807) is 36.2 Å². The number of aliphatic hydroxyl groups is 1. The standard InChI is InChI=1S/C27H38N4O5/c1-19(32)29-24(18-21-12-14-22(33)15-13-21)27(36)31(2)16-8-4-7-11-25(34)30-23(26(28)35)17-20-9-5-3-6-10-20/h3,5-6,9-10,12-15,23-25,30,33-34H,4,7-8,11,16-18H2,1-2H3,(H2,28,35)(H,29,32)/t23?,24?,25-/m1/s1. The quantitative estimate of drug-likeness (QED) is 0.186. The Morgan fingerprint density at radius 1 is 0.917 bits per heavy atom. The zero-order chi connectivity index (χ0) is 26.5. The van der Waals surface area contributed by atoms with Gasteiger partial charge in [-0.25, -0.2) is 0 Å². The highest BCUT2D eigenvalue weighted by molar-refractivity contribution is 5.87. The molecule has 6 N–H and O–H groups in total. The topological polar surface area (TPSA) is 145 Å². The summed E-state index contributed by atoms with van der Waals surface area (Å²) in [4.78, 5) is 37.9. The number of rotatable bonds is 15. The van der Waals surface area contributed by atoms with Crippen molar-refractivity contribution in [3.63, 3.8) is 0 Å².